The number of rotatable bonds is 4. The van der Waals surface area contributed by atoms with E-state index in [1.807, 2.05) is 0 Å². The number of hydrogen-bond donors (Lipinski definition) is 2. The SMILES string of the molecule is COC(=O)C1CCN(Cc2cnc(NN)cn2)C1. The minimum Gasteiger partial charge on any atom is -0.469 e. The molecule has 0 radical (unpaired) electrons. The molecule has 1 saturated heterocycles. The molecule has 2 rings (SSSR count). The maximum atomic E-state index is 11.4. The van der Waals surface area contributed by atoms with Crippen molar-refractivity contribution in [3.05, 3.63) is 18.1 Å². The zero-order chi connectivity index (χ0) is 13.0. The van der Waals surface area contributed by atoms with E-state index in [0.717, 1.165) is 18.7 Å². The van der Waals surface area contributed by atoms with Crippen molar-refractivity contribution in [1.29, 1.82) is 0 Å². The van der Waals surface area contributed by atoms with E-state index in [1.54, 1.807) is 12.4 Å². The summed E-state index contributed by atoms with van der Waals surface area (Å²) in [5.74, 6) is 5.60. The van der Waals surface area contributed by atoms with Gasteiger partial charge in [-0.1, -0.05) is 0 Å². The number of methoxy groups -OCH3 is 1. The standard InChI is InChI=1S/C11H17N5O2/c1-18-11(17)8-2-3-16(6-8)7-9-4-14-10(15-12)5-13-9/h4-5,8H,2-3,6-7,12H2,1H3,(H,14,15). The van der Waals surface area contributed by atoms with E-state index in [2.05, 4.69) is 20.3 Å². The smallest absolute Gasteiger partial charge is 0.310 e. The van der Waals surface area contributed by atoms with Crippen LogP contribution in [0.25, 0.3) is 0 Å². The van der Waals surface area contributed by atoms with Crippen LogP contribution in [0.15, 0.2) is 12.4 Å². The molecule has 1 unspecified atom stereocenters. The first-order chi connectivity index (χ1) is 8.72. The number of esters is 1. The monoisotopic (exact) mass is 251 g/mol. The topological polar surface area (TPSA) is 93.4 Å². The summed E-state index contributed by atoms with van der Waals surface area (Å²) >= 11 is 0. The van der Waals surface area contributed by atoms with E-state index in [1.165, 1.54) is 7.11 Å². The van der Waals surface area contributed by atoms with E-state index < -0.39 is 0 Å². The molecule has 2 heterocycles. The molecule has 1 aromatic heterocycles. The Labute approximate surface area is 105 Å². The summed E-state index contributed by atoms with van der Waals surface area (Å²) < 4.78 is 4.75. The first kappa shape index (κ1) is 12.7. The van der Waals surface area contributed by atoms with Gasteiger partial charge in [-0.15, -0.1) is 0 Å². The van der Waals surface area contributed by atoms with Crippen LogP contribution in [0.3, 0.4) is 0 Å². The maximum absolute atomic E-state index is 11.4. The van der Waals surface area contributed by atoms with Gasteiger partial charge in [-0.3, -0.25) is 14.7 Å². The number of nitrogens with two attached hydrogens (primary N) is 1. The number of hydrogen-bond acceptors (Lipinski definition) is 7. The predicted molar refractivity (Wildman–Crippen MR) is 65.2 cm³/mol. The van der Waals surface area contributed by atoms with E-state index in [4.69, 9.17) is 10.6 Å². The van der Waals surface area contributed by atoms with Gasteiger partial charge in [0.25, 0.3) is 0 Å². The van der Waals surface area contributed by atoms with Crippen LogP contribution in [0.5, 0.6) is 0 Å². The fourth-order valence-electron chi connectivity index (χ4n) is 2.08. The van der Waals surface area contributed by atoms with Gasteiger partial charge in [-0.05, 0) is 13.0 Å². The summed E-state index contributed by atoms with van der Waals surface area (Å²) in [6.45, 7) is 2.27. The lowest BCUT2D eigenvalue weighted by atomic mass is 10.1. The highest BCUT2D eigenvalue weighted by Gasteiger charge is 2.28. The lowest BCUT2D eigenvalue weighted by Gasteiger charge is -2.14. The molecule has 0 aromatic carbocycles. The molecule has 1 aliphatic rings. The summed E-state index contributed by atoms with van der Waals surface area (Å²) in [6.07, 6.45) is 4.10. The normalized spacial score (nSPS) is 19.8. The van der Waals surface area contributed by atoms with Crippen LogP contribution in [0.2, 0.25) is 0 Å². The Morgan fingerprint density at radius 1 is 1.61 bits per heavy atom. The van der Waals surface area contributed by atoms with E-state index in [9.17, 15) is 4.79 Å². The van der Waals surface area contributed by atoms with Crippen molar-refractivity contribution < 1.29 is 9.53 Å². The summed E-state index contributed by atoms with van der Waals surface area (Å²) in [4.78, 5) is 21.9. The second kappa shape index (κ2) is 5.74. The number of carbonyl (C=O) groups excluding carboxylic acids is 1. The predicted octanol–water partition coefficient (Wildman–Crippen LogP) is -0.243. The molecule has 0 spiro atoms. The number of nitrogens with one attached hydrogen (secondary N) is 1. The largest absolute Gasteiger partial charge is 0.469 e. The van der Waals surface area contributed by atoms with Gasteiger partial charge in [0.15, 0.2) is 5.82 Å². The van der Waals surface area contributed by atoms with Crippen LogP contribution in [0.1, 0.15) is 12.1 Å². The molecule has 1 aromatic rings. The highest BCUT2D eigenvalue weighted by atomic mass is 16.5. The van der Waals surface area contributed by atoms with Gasteiger partial charge in [-0.25, -0.2) is 10.8 Å². The molecule has 1 aliphatic heterocycles. The van der Waals surface area contributed by atoms with Gasteiger partial charge < -0.3 is 10.2 Å². The van der Waals surface area contributed by atoms with Crippen LogP contribution in [0.4, 0.5) is 5.82 Å². The highest BCUT2D eigenvalue weighted by Crippen LogP contribution is 2.19. The number of nitrogen functional groups attached to an aromatic ring is 1. The van der Waals surface area contributed by atoms with Gasteiger partial charge in [0, 0.05) is 13.1 Å². The Balaban J connectivity index is 1.89. The third-order valence-corrected chi connectivity index (χ3v) is 3.05. The fraction of sp³-hybridized carbons (Fsp3) is 0.545. The molecule has 7 nitrogen and oxygen atoms in total. The lowest BCUT2D eigenvalue weighted by Crippen LogP contribution is -2.24. The van der Waals surface area contributed by atoms with Crippen molar-refractivity contribution in [1.82, 2.24) is 14.9 Å². The first-order valence-electron chi connectivity index (χ1n) is 5.80. The second-order valence-electron chi connectivity index (χ2n) is 4.28. The molecule has 0 aliphatic carbocycles. The van der Waals surface area contributed by atoms with Crippen LogP contribution < -0.4 is 11.3 Å². The van der Waals surface area contributed by atoms with Crippen LogP contribution in [-0.2, 0) is 16.1 Å². The Morgan fingerprint density at radius 3 is 3.06 bits per heavy atom. The molecule has 18 heavy (non-hydrogen) atoms. The van der Waals surface area contributed by atoms with Gasteiger partial charge >= 0.3 is 5.97 Å². The first-order valence-corrected chi connectivity index (χ1v) is 5.80. The van der Waals surface area contributed by atoms with Crippen molar-refractivity contribution in [2.75, 3.05) is 25.6 Å². The zero-order valence-corrected chi connectivity index (χ0v) is 10.3. The van der Waals surface area contributed by atoms with E-state index in [-0.39, 0.29) is 11.9 Å². The average molecular weight is 251 g/mol. The number of ether oxygens (including phenoxy) is 1. The molecule has 1 atom stereocenters. The maximum Gasteiger partial charge on any atom is 0.310 e. The Kier molecular flexibility index (Phi) is 4.06. The molecular weight excluding hydrogens is 234 g/mol. The fourth-order valence-corrected chi connectivity index (χ4v) is 2.08. The third-order valence-electron chi connectivity index (χ3n) is 3.05. The number of nitrogens with zero attached hydrogens (tertiary/aromatic N) is 3. The van der Waals surface area contributed by atoms with Crippen molar-refractivity contribution >= 4 is 11.8 Å². The summed E-state index contributed by atoms with van der Waals surface area (Å²) in [5.41, 5.74) is 3.29. The molecule has 0 saturated carbocycles. The molecule has 7 heteroatoms. The highest BCUT2D eigenvalue weighted by molar-refractivity contribution is 5.72. The Bertz CT molecular complexity index is 408. The van der Waals surface area contributed by atoms with E-state index >= 15 is 0 Å². The number of anilines is 1. The average Bonchev–Trinajstić information content (AvgIpc) is 2.87. The van der Waals surface area contributed by atoms with E-state index in [0.29, 0.717) is 18.9 Å². The van der Waals surface area contributed by atoms with Gasteiger partial charge in [0.1, 0.15) is 0 Å². The van der Waals surface area contributed by atoms with Gasteiger partial charge in [0.2, 0.25) is 0 Å². The number of carbonyl (C=O) groups is 1. The van der Waals surface area contributed by atoms with Crippen molar-refractivity contribution in [2.24, 2.45) is 11.8 Å². The minimum absolute atomic E-state index is 0.0204. The summed E-state index contributed by atoms with van der Waals surface area (Å²) in [6, 6.07) is 0. The zero-order valence-electron chi connectivity index (χ0n) is 10.3. The van der Waals surface area contributed by atoms with Gasteiger partial charge in [0.05, 0.1) is 31.1 Å². The quantitative estimate of drug-likeness (QED) is 0.433. The summed E-state index contributed by atoms with van der Waals surface area (Å²) in [7, 11) is 1.43. The van der Waals surface area contributed by atoms with Crippen LogP contribution in [-0.4, -0.2) is 41.0 Å². The molecule has 3 N–H and O–H groups in total. The lowest BCUT2D eigenvalue weighted by molar-refractivity contribution is -0.144. The minimum atomic E-state index is -0.133. The number of aromatic nitrogens is 2. The molecule has 98 valence electrons. The molecule has 0 bridgehead atoms. The molecule has 1 fully saturated rings. The van der Waals surface area contributed by atoms with Crippen molar-refractivity contribution in [2.45, 2.75) is 13.0 Å². The van der Waals surface area contributed by atoms with Crippen molar-refractivity contribution in [3.63, 3.8) is 0 Å². The summed E-state index contributed by atoms with van der Waals surface area (Å²) in [5, 5.41) is 0. The molecule has 0 amide bonds. The van der Waals surface area contributed by atoms with Crippen molar-refractivity contribution in [3.8, 4) is 0 Å². The second-order valence-corrected chi connectivity index (χ2v) is 4.28. The Morgan fingerprint density at radius 2 is 2.44 bits per heavy atom. The number of hydrazine groups is 1. The van der Waals surface area contributed by atoms with Gasteiger partial charge in [-0.2, -0.15) is 0 Å². The Hall–Kier alpha value is -1.73. The third kappa shape index (κ3) is 2.93. The van der Waals surface area contributed by atoms with Crippen LogP contribution >= 0.6 is 0 Å². The van der Waals surface area contributed by atoms with Crippen LogP contribution in [0, 0.1) is 5.92 Å². The number of likely N-dealkylation sites (tertiary alicyclic amines) is 1. The molecular formula is C11H17N5O2.